The van der Waals surface area contributed by atoms with Crippen molar-refractivity contribution >= 4 is 11.5 Å². The van der Waals surface area contributed by atoms with Crippen molar-refractivity contribution in [3.8, 4) is 5.75 Å². The molecule has 0 saturated heterocycles. The highest BCUT2D eigenvalue weighted by molar-refractivity contribution is 5.98. The molecule has 0 amide bonds. The Labute approximate surface area is 84.6 Å². The third-order valence-electron chi connectivity index (χ3n) is 1.85. The summed E-state index contributed by atoms with van der Waals surface area (Å²) < 4.78 is 18.1. The van der Waals surface area contributed by atoms with E-state index in [2.05, 4.69) is 4.74 Å². The van der Waals surface area contributed by atoms with Crippen molar-refractivity contribution in [3.05, 3.63) is 33.6 Å². The first-order chi connectivity index (χ1) is 6.99. The topological polar surface area (TPSA) is 69.4 Å². The van der Waals surface area contributed by atoms with E-state index in [0.717, 1.165) is 19.1 Å². The molecule has 80 valence electrons. The molecule has 0 aliphatic heterocycles. The van der Waals surface area contributed by atoms with Crippen LogP contribution in [0.25, 0.3) is 0 Å². The molecule has 0 aliphatic rings. The van der Waals surface area contributed by atoms with E-state index in [-0.39, 0.29) is 5.75 Å². The third kappa shape index (κ3) is 1.93. The van der Waals surface area contributed by atoms with E-state index in [0.29, 0.717) is 0 Å². The molecule has 0 N–H and O–H groups in total. The predicted molar refractivity (Wildman–Crippen MR) is 49.6 cm³/mol. The second kappa shape index (κ2) is 4.04. The molecular weight excluding hydrogens is 205 g/mol. The van der Waals surface area contributed by atoms with Crippen LogP contribution in [0.4, 0.5) is 10.1 Å². The van der Waals surface area contributed by atoms with Gasteiger partial charge in [0.2, 0.25) is 0 Å². The van der Waals surface area contributed by atoms with Crippen LogP contribution in [-0.2, 0) is 0 Å². The average molecular weight is 213 g/mol. The number of carbonyl (C=O) groups is 1. The number of hydrogen-bond donors (Lipinski definition) is 0. The van der Waals surface area contributed by atoms with E-state index in [4.69, 9.17) is 0 Å². The van der Waals surface area contributed by atoms with Gasteiger partial charge in [-0.2, -0.15) is 0 Å². The molecule has 0 saturated carbocycles. The summed E-state index contributed by atoms with van der Waals surface area (Å²) in [6.45, 7) is 1.06. The Morgan fingerprint density at radius 2 is 2.13 bits per heavy atom. The number of ketones is 1. The van der Waals surface area contributed by atoms with Gasteiger partial charge in [-0.1, -0.05) is 0 Å². The lowest BCUT2D eigenvalue weighted by Gasteiger charge is -2.05. The van der Waals surface area contributed by atoms with Crippen molar-refractivity contribution in [2.24, 2.45) is 0 Å². The van der Waals surface area contributed by atoms with Crippen LogP contribution in [0.15, 0.2) is 12.1 Å². The van der Waals surface area contributed by atoms with Crippen LogP contribution in [0.2, 0.25) is 0 Å². The van der Waals surface area contributed by atoms with Crippen LogP contribution in [-0.4, -0.2) is 17.8 Å². The number of Topliss-reactive ketones (excluding diaryl/α,β-unsaturated/α-hetero) is 1. The Hall–Kier alpha value is -1.98. The van der Waals surface area contributed by atoms with Crippen molar-refractivity contribution in [2.45, 2.75) is 6.92 Å². The number of hydrogen-bond acceptors (Lipinski definition) is 4. The molecule has 1 rings (SSSR count). The second-order valence-electron chi connectivity index (χ2n) is 2.79. The molecule has 0 unspecified atom stereocenters. The number of methoxy groups -OCH3 is 1. The summed E-state index contributed by atoms with van der Waals surface area (Å²) in [5.41, 5.74) is -1.11. The molecule has 0 spiro atoms. The number of rotatable bonds is 3. The highest BCUT2D eigenvalue weighted by Gasteiger charge is 2.24. The van der Waals surface area contributed by atoms with Gasteiger partial charge in [-0.05, 0) is 13.0 Å². The number of halogens is 1. The highest BCUT2D eigenvalue weighted by Crippen LogP contribution is 2.28. The quantitative estimate of drug-likeness (QED) is 0.437. The van der Waals surface area contributed by atoms with Gasteiger partial charge in [0.1, 0.15) is 5.56 Å². The first kappa shape index (κ1) is 11.1. The van der Waals surface area contributed by atoms with Crippen LogP contribution in [0.3, 0.4) is 0 Å². The molecule has 15 heavy (non-hydrogen) atoms. The maximum Gasteiger partial charge on any atom is 0.283 e. The summed E-state index contributed by atoms with van der Waals surface area (Å²) in [7, 11) is 1.22. The highest BCUT2D eigenvalue weighted by atomic mass is 19.1. The van der Waals surface area contributed by atoms with Gasteiger partial charge in [-0.25, -0.2) is 4.39 Å². The van der Waals surface area contributed by atoms with Crippen molar-refractivity contribution in [3.63, 3.8) is 0 Å². The summed E-state index contributed by atoms with van der Waals surface area (Å²) in [6.07, 6.45) is 0. The summed E-state index contributed by atoms with van der Waals surface area (Å²) in [5.74, 6) is -1.90. The first-order valence-electron chi connectivity index (χ1n) is 4.00. The van der Waals surface area contributed by atoms with E-state index in [1.165, 1.54) is 7.11 Å². The fourth-order valence-corrected chi connectivity index (χ4v) is 1.19. The zero-order chi connectivity index (χ0) is 11.6. The zero-order valence-corrected chi connectivity index (χ0v) is 8.11. The minimum Gasteiger partial charge on any atom is -0.494 e. The minimum atomic E-state index is -1.00. The largest absolute Gasteiger partial charge is 0.494 e. The average Bonchev–Trinajstić information content (AvgIpc) is 2.16. The molecule has 0 aromatic heterocycles. The molecule has 0 radical (unpaired) electrons. The van der Waals surface area contributed by atoms with Crippen molar-refractivity contribution < 1.29 is 18.8 Å². The van der Waals surface area contributed by atoms with Gasteiger partial charge in [0, 0.05) is 6.07 Å². The standard InChI is InChI=1S/C9H8FNO4/c1-5(12)8-6(11(13)14)3-4-7(15-2)9(8)10/h3-4H,1-2H3. The van der Waals surface area contributed by atoms with Gasteiger partial charge >= 0.3 is 0 Å². The number of nitro benzene ring substituents is 1. The number of nitro groups is 1. The van der Waals surface area contributed by atoms with Crippen LogP contribution >= 0.6 is 0 Å². The van der Waals surface area contributed by atoms with E-state index in [9.17, 15) is 19.3 Å². The van der Waals surface area contributed by atoms with E-state index in [1.54, 1.807) is 0 Å². The Morgan fingerprint density at radius 1 is 1.53 bits per heavy atom. The Balaban J connectivity index is 3.51. The Bertz CT molecular complexity index is 430. The predicted octanol–water partition coefficient (Wildman–Crippen LogP) is 1.95. The molecule has 0 bridgehead atoms. The summed E-state index contributed by atoms with van der Waals surface area (Å²) in [5, 5.41) is 10.5. The molecule has 0 atom stereocenters. The lowest BCUT2D eigenvalue weighted by molar-refractivity contribution is -0.385. The smallest absolute Gasteiger partial charge is 0.283 e. The van der Waals surface area contributed by atoms with Gasteiger partial charge < -0.3 is 4.74 Å². The lowest BCUT2D eigenvalue weighted by Crippen LogP contribution is -2.05. The first-order valence-corrected chi connectivity index (χ1v) is 4.00. The lowest BCUT2D eigenvalue weighted by atomic mass is 10.1. The van der Waals surface area contributed by atoms with Crippen LogP contribution in [0, 0.1) is 15.9 Å². The maximum absolute atomic E-state index is 13.5. The SMILES string of the molecule is COc1ccc([N+](=O)[O-])c(C(C)=O)c1F. The van der Waals surface area contributed by atoms with Crippen LogP contribution < -0.4 is 4.74 Å². The van der Waals surface area contributed by atoms with Gasteiger partial charge in [0.15, 0.2) is 17.3 Å². The monoisotopic (exact) mass is 213 g/mol. The summed E-state index contributed by atoms with van der Waals surface area (Å²) >= 11 is 0. The second-order valence-corrected chi connectivity index (χ2v) is 2.79. The molecule has 1 aromatic carbocycles. The number of nitrogens with zero attached hydrogens (tertiary/aromatic N) is 1. The van der Waals surface area contributed by atoms with Gasteiger partial charge in [-0.3, -0.25) is 14.9 Å². The number of benzene rings is 1. The van der Waals surface area contributed by atoms with Crippen molar-refractivity contribution in [1.29, 1.82) is 0 Å². The maximum atomic E-state index is 13.5. The molecule has 1 aromatic rings. The fraction of sp³-hybridized carbons (Fsp3) is 0.222. The minimum absolute atomic E-state index is 0.189. The molecule has 5 nitrogen and oxygen atoms in total. The summed E-state index contributed by atoms with van der Waals surface area (Å²) in [4.78, 5) is 20.8. The number of ether oxygens (including phenoxy) is 1. The van der Waals surface area contributed by atoms with Crippen LogP contribution in [0.5, 0.6) is 5.75 Å². The number of carbonyl (C=O) groups excluding carboxylic acids is 1. The Kier molecular flexibility index (Phi) is 2.99. The summed E-state index contributed by atoms with van der Waals surface area (Å²) in [6, 6.07) is 2.15. The molecule has 6 heteroatoms. The van der Waals surface area contributed by atoms with Gasteiger partial charge in [-0.15, -0.1) is 0 Å². The third-order valence-corrected chi connectivity index (χ3v) is 1.85. The fourth-order valence-electron chi connectivity index (χ4n) is 1.19. The van der Waals surface area contributed by atoms with E-state index >= 15 is 0 Å². The Morgan fingerprint density at radius 3 is 2.53 bits per heavy atom. The van der Waals surface area contributed by atoms with E-state index < -0.39 is 27.8 Å². The molecular formula is C9H8FNO4. The normalized spacial score (nSPS) is 9.80. The van der Waals surface area contributed by atoms with Crippen molar-refractivity contribution in [1.82, 2.24) is 0 Å². The molecule has 0 fully saturated rings. The van der Waals surface area contributed by atoms with Crippen LogP contribution in [0.1, 0.15) is 17.3 Å². The van der Waals surface area contributed by atoms with Crippen molar-refractivity contribution in [2.75, 3.05) is 7.11 Å². The van der Waals surface area contributed by atoms with Gasteiger partial charge in [0.25, 0.3) is 5.69 Å². The molecule has 0 aliphatic carbocycles. The van der Waals surface area contributed by atoms with E-state index in [1.807, 2.05) is 0 Å². The zero-order valence-electron chi connectivity index (χ0n) is 8.11. The molecule has 0 heterocycles. The van der Waals surface area contributed by atoms with Gasteiger partial charge in [0.05, 0.1) is 12.0 Å².